The van der Waals surface area contributed by atoms with Crippen molar-refractivity contribution in [1.29, 1.82) is 0 Å². The number of carbonyl (C=O) groups is 2. The number of amides is 2. The fourth-order valence-corrected chi connectivity index (χ4v) is 4.97. The fraction of sp³-hybridized carbons (Fsp3) is 0.304. The first-order valence-corrected chi connectivity index (χ1v) is 11.8. The maximum absolute atomic E-state index is 13.0. The number of rotatable bonds is 6. The van der Waals surface area contributed by atoms with Crippen molar-refractivity contribution < 1.29 is 18.0 Å². The van der Waals surface area contributed by atoms with Gasteiger partial charge in [0, 0.05) is 37.5 Å². The topological polar surface area (TPSA) is 95.6 Å². The second-order valence-electron chi connectivity index (χ2n) is 7.37. The molecule has 0 saturated carbocycles. The predicted octanol–water partition coefficient (Wildman–Crippen LogP) is 3.26. The highest BCUT2D eigenvalue weighted by atomic mass is 32.2. The first-order valence-electron chi connectivity index (χ1n) is 10.3. The van der Waals surface area contributed by atoms with Crippen LogP contribution < -0.4 is 10.6 Å². The molecule has 1 aliphatic rings. The standard InChI is InChI=1S/C23H27N3O4S/c1-24-23(28)19-12-9-18(10-13-19)11-14-22(27)25-20-7-6-8-21(17-20)31(29,30)26-15-4-2-3-5-16-26/h6-14,17H,2-5,15-16H2,1H3,(H,24,28)(H,25,27)/b14-11+. The second-order valence-corrected chi connectivity index (χ2v) is 9.31. The van der Waals surface area contributed by atoms with Crippen molar-refractivity contribution >= 4 is 33.6 Å². The van der Waals surface area contributed by atoms with Crippen LogP contribution in [0.2, 0.25) is 0 Å². The van der Waals surface area contributed by atoms with Gasteiger partial charge in [-0.05, 0) is 54.8 Å². The summed E-state index contributed by atoms with van der Waals surface area (Å²) in [6.45, 7) is 1.06. The van der Waals surface area contributed by atoms with Crippen molar-refractivity contribution in [3.8, 4) is 0 Å². The number of nitrogens with zero attached hydrogens (tertiary/aromatic N) is 1. The first kappa shape index (κ1) is 22.7. The Morgan fingerprint density at radius 1 is 0.968 bits per heavy atom. The minimum absolute atomic E-state index is 0.178. The van der Waals surface area contributed by atoms with E-state index in [9.17, 15) is 18.0 Å². The molecule has 164 valence electrons. The van der Waals surface area contributed by atoms with E-state index in [-0.39, 0.29) is 16.7 Å². The number of nitrogens with one attached hydrogen (secondary N) is 2. The Balaban J connectivity index is 1.66. The van der Waals surface area contributed by atoms with Gasteiger partial charge in [0.05, 0.1) is 4.90 Å². The summed E-state index contributed by atoms with van der Waals surface area (Å²) >= 11 is 0. The van der Waals surface area contributed by atoms with Crippen LogP contribution in [0.15, 0.2) is 59.5 Å². The highest BCUT2D eigenvalue weighted by Gasteiger charge is 2.25. The van der Waals surface area contributed by atoms with Crippen LogP contribution in [-0.4, -0.2) is 44.7 Å². The highest BCUT2D eigenvalue weighted by Crippen LogP contribution is 2.22. The lowest BCUT2D eigenvalue weighted by Crippen LogP contribution is -2.32. The smallest absolute Gasteiger partial charge is 0.251 e. The number of sulfonamides is 1. The van der Waals surface area contributed by atoms with E-state index in [1.54, 1.807) is 55.6 Å². The zero-order valence-corrected chi connectivity index (χ0v) is 18.3. The van der Waals surface area contributed by atoms with Gasteiger partial charge in [-0.25, -0.2) is 8.42 Å². The summed E-state index contributed by atoms with van der Waals surface area (Å²) < 4.78 is 27.4. The summed E-state index contributed by atoms with van der Waals surface area (Å²) in [6, 6.07) is 13.2. The van der Waals surface area contributed by atoms with Gasteiger partial charge in [0.2, 0.25) is 15.9 Å². The molecule has 2 N–H and O–H groups in total. The summed E-state index contributed by atoms with van der Waals surface area (Å²) in [5, 5.41) is 5.26. The van der Waals surface area contributed by atoms with Crippen LogP contribution in [0.5, 0.6) is 0 Å². The average molecular weight is 442 g/mol. The van der Waals surface area contributed by atoms with Gasteiger partial charge in [-0.2, -0.15) is 4.31 Å². The van der Waals surface area contributed by atoms with Gasteiger partial charge in [-0.15, -0.1) is 0 Å². The van der Waals surface area contributed by atoms with Crippen molar-refractivity contribution in [3.63, 3.8) is 0 Å². The van der Waals surface area contributed by atoms with Gasteiger partial charge in [0.15, 0.2) is 0 Å². The third-order valence-electron chi connectivity index (χ3n) is 5.13. The molecule has 0 unspecified atom stereocenters. The SMILES string of the molecule is CNC(=O)c1ccc(/C=C/C(=O)Nc2cccc(S(=O)(=O)N3CCCCCC3)c2)cc1. The van der Waals surface area contributed by atoms with E-state index in [1.165, 1.54) is 16.4 Å². The maximum atomic E-state index is 13.0. The molecular formula is C23H27N3O4S. The monoisotopic (exact) mass is 441 g/mol. The summed E-state index contributed by atoms with van der Waals surface area (Å²) in [4.78, 5) is 24.0. The summed E-state index contributed by atoms with van der Waals surface area (Å²) in [7, 11) is -2.02. The Morgan fingerprint density at radius 2 is 1.65 bits per heavy atom. The fourth-order valence-electron chi connectivity index (χ4n) is 3.41. The Morgan fingerprint density at radius 3 is 2.29 bits per heavy atom. The Hall–Kier alpha value is -2.97. The minimum atomic E-state index is -3.58. The molecule has 0 aromatic heterocycles. The molecule has 0 atom stereocenters. The third kappa shape index (κ3) is 6.02. The maximum Gasteiger partial charge on any atom is 0.251 e. The van der Waals surface area contributed by atoms with Crippen LogP contribution in [0.1, 0.15) is 41.6 Å². The van der Waals surface area contributed by atoms with Crippen molar-refractivity contribution in [2.75, 3.05) is 25.5 Å². The van der Waals surface area contributed by atoms with Crippen molar-refractivity contribution in [1.82, 2.24) is 9.62 Å². The average Bonchev–Trinajstić information content (AvgIpc) is 3.08. The van der Waals surface area contributed by atoms with E-state index in [4.69, 9.17) is 0 Å². The van der Waals surface area contributed by atoms with E-state index in [0.717, 1.165) is 31.2 Å². The van der Waals surface area contributed by atoms with E-state index < -0.39 is 10.0 Å². The van der Waals surface area contributed by atoms with E-state index in [2.05, 4.69) is 10.6 Å². The van der Waals surface area contributed by atoms with Crippen molar-refractivity contribution in [3.05, 3.63) is 65.7 Å². The Kier molecular flexibility index (Phi) is 7.59. The van der Waals surface area contributed by atoms with Gasteiger partial charge >= 0.3 is 0 Å². The largest absolute Gasteiger partial charge is 0.355 e. The van der Waals surface area contributed by atoms with E-state index >= 15 is 0 Å². The molecule has 8 heteroatoms. The van der Waals surface area contributed by atoms with Crippen LogP contribution >= 0.6 is 0 Å². The number of anilines is 1. The molecule has 7 nitrogen and oxygen atoms in total. The number of carbonyl (C=O) groups excluding carboxylic acids is 2. The third-order valence-corrected chi connectivity index (χ3v) is 7.03. The number of hydrogen-bond acceptors (Lipinski definition) is 4. The number of hydrogen-bond donors (Lipinski definition) is 2. The molecule has 2 aromatic rings. The first-order chi connectivity index (χ1) is 14.9. The quantitative estimate of drug-likeness (QED) is 0.673. The van der Waals surface area contributed by atoms with Crippen LogP contribution in [0.4, 0.5) is 5.69 Å². The second kappa shape index (κ2) is 10.4. The van der Waals surface area contributed by atoms with Crippen LogP contribution in [0, 0.1) is 0 Å². The van der Waals surface area contributed by atoms with E-state index in [1.807, 2.05) is 0 Å². The van der Waals surface area contributed by atoms with Gasteiger partial charge in [-0.1, -0.05) is 31.0 Å². The Labute approximate surface area is 183 Å². The summed E-state index contributed by atoms with van der Waals surface area (Å²) in [5.74, 6) is -0.553. The lowest BCUT2D eigenvalue weighted by molar-refractivity contribution is -0.111. The van der Waals surface area contributed by atoms with Crippen LogP contribution in [-0.2, 0) is 14.8 Å². The molecule has 2 amide bonds. The molecule has 1 heterocycles. The zero-order chi connectivity index (χ0) is 22.3. The van der Waals surface area contributed by atoms with E-state index in [0.29, 0.717) is 24.3 Å². The summed E-state index contributed by atoms with van der Waals surface area (Å²) in [6.07, 6.45) is 6.81. The van der Waals surface area contributed by atoms with Crippen molar-refractivity contribution in [2.24, 2.45) is 0 Å². The molecular weight excluding hydrogens is 414 g/mol. The highest BCUT2D eigenvalue weighted by molar-refractivity contribution is 7.89. The normalized spacial score (nSPS) is 15.4. The zero-order valence-electron chi connectivity index (χ0n) is 17.5. The molecule has 0 aliphatic carbocycles. The van der Waals surface area contributed by atoms with Gasteiger partial charge < -0.3 is 10.6 Å². The lowest BCUT2D eigenvalue weighted by atomic mass is 10.1. The predicted molar refractivity (Wildman–Crippen MR) is 121 cm³/mol. The lowest BCUT2D eigenvalue weighted by Gasteiger charge is -2.20. The summed E-state index contributed by atoms with van der Waals surface area (Å²) in [5.41, 5.74) is 1.72. The van der Waals surface area contributed by atoms with Gasteiger partial charge in [0.25, 0.3) is 5.91 Å². The van der Waals surface area contributed by atoms with Crippen molar-refractivity contribution in [2.45, 2.75) is 30.6 Å². The Bertz CT molecular complexity index is 1050. The molecule has 2 aromatic carbocycles. The van der Waals surface area contributed by atoms with Gasteiger partial charge in [-0.3, -0.25) is 9.59 Å². The molecule has 1 aliphatic heterocycles. The van der Waals surface area contributed by atoms with Crippen LogP contribution in [0.3, 0.4) is 0 Å². The molecule has 31 heavy (non-hydrogen) atoms. The molecule has 1 fully saturated rings. The van der Waals surface area contributed by atoms with Crippen LogP contribution in [0.25, 0.3) is 6.08 Å². The number of benzene rings is 2. The minimum Gasteiger partial charge on any atom is -0.355 e. The molecule has 0 radical (unpaired) electrons. The molecule has 3 rings (SSSR count). The molecule has 1 saturated heterocycles. The molecule has 0 spiro atoms. The van der Waals surface area contributed by atoms with Gasteiger partial charge in [0.1, 0.15) is 0 Å². The molecule has 0 bridgehead atoms.